The summed E-state index contributed by atoms with van der Waals surface area (Å²) in [5.74, 6) is 0.952. The Morgan fingerprint density at radius 1 is 1.25 bits per heavy atom. The standard InChI is InChI=1S/C19H30F2N4O3/c1-3-22-19(23-8-9-25-10-12-26-13-11-25)24-14-15-6-5-7-16(27-4-2)17(15)28-18(20)21/h5-7,18H,3-4,8-14H2,1-2H3,(H2,22,23,24). The minimum absolute atomic E-state index is 0.0345. The quantitative estimate of drug-likeness (QED) is 0.463. The van der Waals surface area contributed by atoms with Crippen molar-refractivity contribution in [2.24, 2.45) is 4.99 Å². The number of guanidine groups is 1. The van der Waals surface area contributed by atoms with Crippen molar-refractivity contribution in [1.29, 1.82) is 0 Å². The Labute approximate surface area is 165 Å². The summed E-state index contributed by atoms with van der Waals surface area (Å²) < 4.78 is 41.1. The van der Waals surface area contributed by atoms with Gasteiger partial charge in [0.15, 0.2) is 17.5 Å². The van der Waals surface area contributed by atoms with Crippen LogP contribution in [0.5, 0.6) is 11.5 Å². The molecule has 0 saturated carbocycles. The fourth-order valence-corrected chi connectivity index (χ4v) is 2.84. The van der Waals surface area contributed by atoms with E-state index in [9.17, 15) is 8.78 Å². The highest BCUT2D eigenvalue weighted by molar-refractivity contribution is 5.79. The molecule has 28 heavy (non-hydrogen) atoms. The first-order valence-electron chi connectivity index (χ1n) is 9.65. The summed E-state index contributed by atoms with van der Waals surface area (Å²) in [7, 11) is 0. The van der Waals surface area contributed by atoms with E-state index in [0.717, 1.165) is 39.4 Å². The number of nitrogens with one attached hydrogen (secondary N) is 2. The lowest BCUT2D eigenvalue weighted by Crippen LogP contribution is -2.44. The SMILES string of the molecule is CCNC(=NCc1cccc(OCC)c1OC(F)F)NCCN1CCOCC1. The van der Waals surface area contributed by atoms with E-state index in [4.69, 9.17) is 14.2 Å². The predicted octanol–water partition coefficient (Wildman–Crippen LogP) is 2.07. The van der Waals surface area contributed by atoms with E-state index >= 15 is 0 Å². The van der Waals surface area contributed by atoms with E-state index in [1.54, 1.807) is 25.1 Å². The third-order valence-corrected chi connectivity index (χ3v) is 4.14. The molecule has 1 heterocycles. The maximum Gasteiger partial charge on any atom is 0.387 e. The number of aliphatic imine (C=N–C) groups is 1. The first-order chi connectivity index (χ1) is 13.6. The molecule has 1 aromatic carbocycles. The number of rotatable bonds is 10. The highest BCUT2D eigenvalue weighted by Gasteiger charge is 2.16. The van der Waals surface area contributed by atoms with Gasteiger partial charge in [-0.2, -0.15) is 8.78 Å². The second-order valence-electron chi connectivity index (χ2n) is 6.13. The summed E-state index contributed by atoms with van der Waals surface area (Å²) in [6.07, 6.45) is 0. The van der Waals surface area contributed by atoms with Crippen LogP contribution in [0.2, 0.25) is 0 Å². The van der Waals surface area contributed by atoms with Gasteiger partial charge in [0, 0.05) is 38.3 Å². The van der Waals surface area contributed by atoms with Gasteiger partial charge in [-0.1, -0.05) is 12.1 Å². The van der Waals surface area contributed by atoms with Crippen molar-refractivity contribution < 1.29 is 23.0 Å². The van der Waals surface area contributed by atoms with Gasteiger partial charge in [0.25, 0.3) is 0 Å². The Hall–Kier alpha value is -2.13. The van der Waals surface area contributed by atoms with E-state index in [0.29, 0.717) is 30.4 Å². The molecule has 1 aliphatic heterocycles. The Kier molecular flexibility index (Phi) is 9.78. The van der Waals surface area contributed by atoms with Gasteiger partial charge in [-0.15, -0.1) is 0 Å². The van der Waals surface area contributed by atoms with Crippen LogP contribution in [0.1, 0.15) is 19.4 Å². The van der Waals surface area contributed by atoms with E-state index < -0.39 is 6.61 Å². The Balaban J connectivity index is 2.01. The van der Waals surface area contributed by atoms with Gasteiger partial charge in [0.2, 0.25) is 0 Å². The second-order valence-corrected chi connectivity index (χ2v) is 6.13. The zero-order valence-electron chi connectivity index (χ0n) is 16.5. The normalized spacial score (nSPS) is 15.5. The second kappa shape index (κ2) is 12.4. The molecule has 0 bridgehead atoms. The van der Waals surface area contributed by atoms with E-state index in [1.165, 1.54) is 0 Å². The van der Waals surface area contributed by atoms with Gasteiger partial charge >= 0.3 is 6.61 Å². The van der Waals surface area contributed by atoms with Crippen LogP contribution in [0.25, 0.3) is 0 Å². The summed E-state index contributed by atoms with van der Waals surface area (Å²) in [5.41, 5.74) is 0.539. The highest BCUT2D eigenvalue weighted by Crippen LogP contribution is 2.33. The lowest BCUT2D eigenvalue weighted by Gasteiger charge is -2.26. The number of halogens is 2. The molecule has 2 rings (SSSR count). The van der Waals surface area contributed by atoms with E-state index in [-0.39, 0.29) is 12.3 Å². The molecule has 1 saturated heterocycles. The molecule has 0 aromatic heterocycles. The van der Waals surface area contributed by atoms with Gasteiger partial charge in [0.1, 0.15) is 0 Å². The highest BCUT2D eigenvalue weighted by atomic mass is 19.3. The van der Waals surface area contributed by atoms with Crippen molar-refractivity contribution in [1.82, 2.24) is 15.5 Å². The topological polar surface area (TPSA) is 67.4 Å². The van der Waals surface area contributed by atoms with Gasteiger partial charge in [-0.05, 0) is 19.9 Å². The third-order valence-electron chi connectivity index (χ3n) is 4.14. The van der Waals surface area contributed by atoms with Crippen molar-refractivity contribution in [2.75, 3.05) is 52.5 Å². The fourth-order valence-electron chi connectivity index (χ4n) is 2.84. The molecule has 2 N–H and O–H groups in total. The Morgan fingerprint density at radius 2 is 2.04 bits per heavy atom. The Morgan fingerprint density at radius 3 is 2.71 bits per heavy atom. The summed E-state index contributed by atoms with van der Waals surface area (Å²) >= 11 is 0. The zero-order chi connectivity index (χ0) is 20.2. The van der Waals surface area contributed by atoms with Crippen LogP contribution in [-0.4, -0.2) is 70.0 Å². The molecule has 0 unspecified atom stereocenters. The summed E-state index contributed by atoms with van der Waals surface area (Å²) in [6.45, 7) is 7.06. The van der Waals surface area contributed by atoms with Crippen molar-refractivity contribution >= 4 is 5.96 Å². The third kappa shape index (κ3) is 7.47. The molecule has 0 atom stereocenters. The van der Waals surface area contributed by atoms with Gasteiger partial charge < -0.3 is 24.8 Å². The van der Waals surface area contributed by atoms with Crippen LogP contribution < -0.4 is 20.1 Å². The average Bonchev–Trinajstić information content (AvgIpc) is 2.68. The molecule has 1 aromatic rings. The molecule has 0 radical (unpaired) electrons. The van der Waals surface area contributed by atoms with Gasteiger partial charge in [0.05, 0.1) is 26.4 Å². The van der Waals surface area contributed by atoms with Crippen molar-refractivity contribution in [3.05, 3.63) is 23.8 Å². The van der Waals surface area contributed by atoms with E-state index in [2.05, 4.69) is 20.5 Å². The van der Waals surface area contributed by atoms with E-state index in [1.807, 2.05) is 6.92 Å². The van der Waals surface area contributed by atoms with Crippen molar-refractivity contribution in [3.63, 3.8) is 0 Å². The van der Waals surface area contributed by atoms with Gasteiger partial charge in [-0.3, -0.25) is 4.90 Å². The lowest BCUT2D eigenvalue weighted by atomic mass is 10.2. The minimum Gasteiger partial charge on any atom is -0.490 e. The largest absolute Gasteiger partial charge is 0.490 e. The minimum atomic E-state index is -2.93. The molecule has 0 amide bonds. The molecule has 1 aliphatic rings. The zero-order valence-corrected chi connectivity index (χ0v) is 16.5. The summed E-state index contributed by atoms with van der Waals surface area (Å²) in [6, 6.07) is 5.06. The number of benzene rings is 1. The molecular formula is C19H30F2N4O3. The molecular weight excluding hydrogens is 370 g/mol. The van der Waals surface area contributed by atoms with Crippen molar-refractivity contribution in [2.45, 2.75) is 27.0 Å². The summed E-state index contributed by atoms with van der Waals surface area (Å²) in [5, 5.41) is 6.44. The number of alkyl halides is 2. The predicted molar refractivity (Wildman–Crippen MR) is 104 cm³/mol. The number of nitrogens with zero attached hydrogens (tertiary/aromatic N) is 2. The van der Waals surface area contributed by atoms with Crippen LogP contribution in [0.4, 0.5) is 8.78 Å². The first-order valence-corrected chi connectivity index (χ1v) is 9.65. The van der Waals surface area contributed by atoms with Crippen LogP contribution >= 0.6 is 0 Å². The smallest absolute Gasteiger partial charge is 0.387 e. The number of morpholine rings is 1. The fraction of sp³-hybridized carbons (Fsp3) is 0.632. The molecule has 0 spiro atoms. The molecule has 1 fully saturated rings. The maximum absolute atomic E-state index is 12.8. The molecule has 9 heteroatoms. The Bertz CT molecular complexity index is 611. The number of hydrogen-bond acceptors (Lipinski definition) is 5. The molecule has 7 nitrogen and oxygen atoms in total. The van der Waals surface area contributed by atoms with Gasteiger partial charge in [-0.25, -0.2) is 4.99 Å². The summed E-state index contributed by atoms with van der Waals surface area (Å²) in [4.78, 5) is 6.83. The maximum atomic E-state index is 12.8. The van der Waals surface area contributed by atoms with Crippen molar-refractivity contribution in [3.8, 4) is 11.5 Å². The molecule has 158 valence electrons. The number of hydrogen-bond donors (Lipinski definition) is 2. The van der Waals surface area contributed by atoms with Crippen LogP contribution in [0.3, 0.4) is 0 Å². The van der Waals surface area contributed by atoms with Crippen LogP contribution in [0.15, 0.2) is 23.2 Å². The first kappa shape index (κ1) is 22.2. The van der Waals surface area contributed by atoms with Crippen LogP contribution in [0, 0.1) is 0 Å². The molecule has 0 aliphatic carbocycles. The number of para-hydroxylation sites is 1. The van der Waals surface area contributed by atoms with Crippen LogP contribution in [-0.2, 0) is 11.3 Å². The monoisotopic (exact) mass is 400 g/mol. The lowest BCUT2D eigenvalue weighted by molar-refractivity contribution is -0.0520. The number of ether oxygens (including phenoxy) is 3. The average molecular weight is 400 g/mol.